The van der Waals surface area contributed by atoms with E-state index >= 15 is 0 Å². The van der Waals surface area contributed by atoms with Gasteiger partial charge in [-0.25, -0.2) is 4.68 Å². The van der Waals surface area contributed by atoms with E-state index in [0.717, 1.165) is 30.5 Å². The molecule has 1 atom stereocenters. The monoisotopic (exact) mass is 327 g/mol. The summed E-state index contributed by atoms with van der Waals surface area (Å²) in [6, 6.07) is 10.9. The number of benzene rings is 1. The molecular weight excluding hydrogens is 306 g/mol. The molecule has 0 spiro atoms. The van der Waals surface area contributed by atoms with Gasteiger partial charge in [0.1, 0.15) is 5.75 Å². The van der Waals surface area contributed by atoms with E-state index in [-0.39, 0.29) is 11.5 Å². The van der Waals surface area contributed by atoms with Gasteiger partial charge in [0.15, 0.2) is 6.10 Å². The molecule has 6 heteroatoms. The Kier molecular flexibility index (Phi) is 4.93. The first-order valence-corrected chi connectivity index (χ1v) is 8.23. The summed E-state index contributed by atoms with van der Waals surface area (Å²) in [5.41, 5.74) is 1.95. The van der Waals surface area contributed by atoms with E-state index in [2.05, 4.69) is 10.4 Å². The van der Waals surface area contributed by atoms with Crippen molar-refractivity contribution in [1.82, 2.24) is 15.1 Å². The third-order valence-corrected chi connectivity index (χ3v) is 4.07. The van der Waals surface area contributed by atoms with Crippen molar-refractivity contribution in [2.45, 2.75) is 38.8 Å². The molecule has 3 rings (SSSR count). The van der Waals surface area contributed by atoms with E-state index in [1.54, 1.807) is 25.1 Å². The van der Waals surface area contributed by atoms with Crippen LogP contribution in [0.1, 0.15) is 24.6 Å². The lowest BCUT2D eigenvalue weighted by Crippen LogP contribution is -2.39. The minimum Gasteiger partial charge on any atom is -0.481 e. The Morgan fingerprint density at radius 1 is 1.33 bits per heavy atom. The number of nitrogens with one attached hydrogen (secondary N) is 1. The fourth-order valence-electron chi connectivity index (χ4n) is 2.79. The average Bonchev–Trinajstić information content (AvgIpc) is 3.02. The van der Waals surface area contributed by atoms with Crippen molar-refractivity contribution in [1.29, 1.82) is 0 Å². The zero-order valence-electron chi connectivity index (χ0n) is 13.7. The first-order chi connectivity index (χ1) is 11.6. The van der Waals surface area contributed by atoms with Crippen molar-refractivity contribution in [3.05, 3.63) is 58.0 Å². The lowest BCUT2D eigenvalue weighted by molar-refractivity contribution is -0.127. The maximum absolute atomic E-state index is 12.1. The van der Waals surface area contributed by atoms with Crippen LogP contribution in [0.3, 0.4) is 0 Å². The van der Waals surface area contributed by atoms with Crippen LogP contribution in [0.15, 0.2) is 41.2 Å². The number of aromatic nitrogens is 2. The van der Waals surface area contributed by atoms with Crippen LogP contribution in [0, 0.1) is 0 Å². The molecule has 1 N–H and O–H groups in total. The molecule has 0 radical (unpaired) electrons. The van der Waals surface area contributed by atoms with E-state index in [0.29, 0.717) is 18.8 Å². The molecule has 0 aliphatic heterocycles. The minimum absolute atomic E-state index is 0.113. The predicted octanol–water partition coefficient (Wildman–Crippen LogP) is 1.32. The maximum atomic E-state index is 12.1. The third kappa shape index (κ3) is 3.82. The van der Waals surface area contributed by atoms with Gasteiger partial charge < -0.3 is 10.1 Å². The van der Waals surface area contributed by atoms with Gasteiger partial charge in [-0.15, -0.1) is 0 Å². The van der Waals surface area contributed by atoms with Crippen molar-refractivity contribution < 1.29 is 9.53 Å². The molecule has 126 valence electrons. The van der Waals surface area contributed by atoms with Crippen LogP contribution >= 0.6 is 0 Å². The molecule has 24 heavy (non-hydrogen) atoms. The summed E-state index contributed by atoms with van der Waals surface area (Å²) in [6.45, 7) is 2.39. The van der Waals surface area contributed by atoms with E-state index < -0.39 is 6.10 Å². The molecule has 1 aromatic carbocycles. The molecule has 1 aromatic heterocycles. The number of fused-ring (bicyclic) bond motifs is 1. The average molecular weight is 327 g/mol. The summed E-state index contributed by atoms with van der Waals surface area (Å²) in [4.78, 5) is 24.1. The van der Waals surface area contributed by atoms with E-state index in [1.165, 1.54) is 4.68 Å². The molecule has 1 amide bonds. The summed E-state index contributed by atoms with van der Waals surface area (Å²) in [7, 11) is 0. The second kappa shape index (κ2) is 7.29. The van der Waals surface area contributed by atoms with Crippen LogP contribution in [-0.2, 0) is 24.2 Å². The first kappa shape index (κ1) is 16.2. The van der Waals surface area contributed by atoms with Crippen LogP contribution in [0.5, 0.6) is 5.75 Å². The number of amides is 1. The molecular formula is C18H21N3O3. The smallest absolute Gasteiger partial charge is 0.267 e. The van der Waals surface area contributed by atoms with Gasteiger partial charge in [0, 0.05) is 12.6 Å². The number of hydrogen-bond donors (Lipinski definition) is 1. The zero-order valence-corrected chi connectivity index (χ0v) is 13.7. The maximum Gasteiger partial charge on any atom is 0.267 e. The lowest BCUT2D eigenvalue weighted by Gasteiger charge is -2.15. The number of carbonyl (C=O) groups excluding carboxylic acids is 1. The Bertz CT molecular complexity index is 771. The van der Waals surface area contributed by atoms with Crippen molar-refractivity contribution in [3.63, 3.8) is 0 Å². The Balaban J connectivity index is 1.51. The van der Waals surface area contributed by atoms with Crippen molar-refractivity contribution in [3.8, 4) is 5.75 Å². The molecule has 0 saturated heterocycles. The van der Waals surface area contributed by atoms with Gasteiger partial charge in [-0.3, -0.25) is 9.59 Å². The standard InChI is InChI=1S/C18H21N3O3/c1-13(24-15-7-3-2-4-8-15)18(23)19-10-11-21-17(22)12-14-6-5-9-16(14)20-21/h2-4,7-8,12-13H,5-6,9-11H2,1H3,(H,19,23). The lowest BCUT2D eigenvalue weighted by atomic mass is 10.2. The number of nitrogens with zero attached hydrogens (tertiary/aromatic N) is 2. The second-order valence-electron chi connectivity index (χ2n) is 5.90. The number of rotatable bonds is 6. The minimum atomic E-state index is -0.600. The molecule has 0 saturated carbocycles. The van der Waals surface area contributed by atoms with E-state index in [4.69, 9.17) is 4.74 Å². The molecule has 1 unspecified atom stereocenters. The Labute approximate surface area is 140 Å². The number of aryl methyl sites for hydroxylation is 2. The van der Waals surface area contributed by atoms with Crippen LogP contribution in [-0.4, -0.2) is 28.3 Å². The van der Waals surface area contributed by atoms with Gasteiger partial charge in [0.2, 0.25) is 0 Å². The summed E-state index contributed by atoms with van der Waals surface area (Å²) < 4.78 is 6.99. The number of hydrogen-bond acceptors (Lipinski definition) is 4. The highest BCUT2D eigenvalue weighted by atomic mass is 16.5. The Morgan fingerprint density at radius 3 is 2.92 bits per heavy atom. The molecule has 0 bridgehead atoms. The quantitative estimate of drug-likeness (QED) is 0.868. The van der Waals surface area contributed by atoms with Gasteiger partial charge >= 0.3 is 0 Å². The Morgan fingerprint density at radius 2 is 2.12 bits per heavy atom. The highest BCUT2D eigenvalue weighted by molar-refractivity contribution is 5.80. The number of ether oxygens (including phenoxy) is 1. The molecule has 1 heterocycles. The van der Waals surface area contributed by atoms with Crippen LogP contribution in [0.2, 0.25) is 0 Å². The van der Waals surface area contributed by atoms with Crippen molar-refractivity contribution >= 4 is 5.91 Å². The van der Waals surface area contributed by atoms with Crippen molar-refractivity contribution in [2.75, 3.05) is 6.54 Å². The second-order valence-corrected chi connectivity index (χ2v) is 5.90. The highest BCUT2D eigenvalue weighted by Crippen LogP contribution is 2.16. The van der Waals surface area contributed by atoms with Crippen molar-refractivity contribution in [2.24, 2.45) is 0 Å². The highest BCUT2D eigenvalue weighted by Gasteiger charge is 2.16. The van der Waals surface area contributed by atoms with Gasteiger partial charge in [0.25, 0.3) is 11.5 Å². The first-order valence-electron chi connectivity index (χ1n) is 8.23. The Hall–Kier alpha value is -2.63. The molecule has 1 aliphatic carbocycles. The summed E-state index contributed by atoms with van der Waals surface area (Å²) in [5, 5.41) is 7.17. The van der Waals surface area contributed by atoms with Crippen LogP contribution in [0.4, 0.5) is 0 Å². The zero-order chi connectivity index (χ0) is 16.9. The summed E-state index contributed by atoms with van der Waals surface area (Å²) in [5.74, 6) is 0.435. The normalized spacial score (nSPS) is 14.0. The fourth-order valence-corrected chi connectivity index (χ4v) is 2.79. The van der Waals surface area contributed by atoms with Gasteiger partial charge in [-0.2, -0.15) is 5.10 Å². The van der Waals surface area contributed by atoms with Gasteiger partial charge in [-0.05, 0) is 43.9 Å². The third-order valence-electron chi connectivity index (χ3n) is 4.07. The number of para-hydroxylation sites is 1. The van der Waals surface area contributed by atoms with Gasteiger partial charge in [0.05, 0.1) is 12.2 Å². The molecule has 0 fully saturated rings. The summed E-state index contributed by atoms with van der Waals surface area (Å²) >= 11 is 0. The van der Waals surface area contributed by atoms with Gasteiger partial charge in [-0.1, -0.05) is 18.2 Å². The predicted molar refractivity (Wildman–Crippen MR) is 90.1 cm³/mol. The number of carbonyl (C=O) groups is 1. The van der Waals surface area contributed by atoms with Crippen LogP contribution < -0.4 is 15.6 Å². The topological polar surface area (TPSA) is 73.2 Å². The molecule has 1 aliphatic rings. The SMILES string of the molecule is CC(Oc1ccccc1)C(=O)NCCn1nc2c(cc1=O)CCC2. The summed E-state index contributed by atoms with van der Waals surface area (Å²) in [6.07, 6.45) is 2.31. The molecule has 2 aromatic rings. The largest absolute Gasteiger partial charge is 0.481 e. The van der Waals surface area contributed by atoms with Crippen LogP contribution in [0.25, 0.3) is 0 Å². The molecule has 6 nitrogen and oxygen atoms in total. The van der Waals surface area contributed by atoms with E-state index in [9.17, 15) is 9.59 Å². The van der Waals surface area contributed by atoms with E-state index in [1.807, 2.05) is 18.2 Å². The fraction of sp³-hybridized carbons (Fsp3) is 0.389.